The van der Waals surface area contributed by atoms with Crippen molar-refractivity contribution in [2.75, 3.05) is 18.4 Å². The summed E-state index contributed by atoms with van der Waals surface area (Å²) in [4.78, 5) is 19.3. The number of hydrogen-bond donors (Lipinski definition) is 1. The minimum absolute atomic E-state index is 0.0154. The molecular weight excluding hydrogens is 480 g/mol. The normalized spacial score (nSPS) is 20.6. The van der Waals surface area contributed by atoms with E-state index < -0.39 is 5.82 Å². The van der Waals surface area contributed by atoms with Gasteiger partial charge in [0.1, 0.15) is 11.6 Å². The highest BCUT2D eigenvalue weighted by Crippen LogP contribution is 2.55. The maximum absolute atomic E-state index is 14.3. The first-order chi connectivity index (χ1) is 13.0. The number of rotatable bonds is 4. The predicted molar refractivity (Wildman–Crippen MR) is 113 cm³/mol. The minimum atomic E-state index is -0.454. The zero-order valence-corrected chi connectivity index (χ0v) is 17.6. The molecule has 2 aliphatic rings. The molecule has 7 heteroatoms. The molecule has 1 saturated heterocycles. The minimum Gasteiger partial charge on any atom is -0.368 e. The number of aromatic nitrogens is 1. The van der Waals surface area contributed by atoms with Crippen molar-refractivity contribution < 1.29 is 9.18 Å². The standard InChI is InChI=1S/C20H20ClFIN3O/c21-13-4-5-17(24-11-13)25-12-14-10-20(6-7-20)8-9-26(14)19(27)18-15(22)2-1-3-16(18)23/h1-5,11,14H,6-10,12H2,(H,24,25)/t14-/m0/s1. The number of pyridine rings is 1. The maximum Gasteiger partial charge on any atom is 0.258 e. The van der Waals surface area contributed by atoms with E-state index in [0.717, 1.165) is 18.7 Å². The number of hydrogen-bond acceptors (Lipinski definition) is 3. The molecule has 27 heavy (non-hydrogen) atoms. The highest BCUT2D eigenvalue weighted by Gasteiger charge is 2.49. The van der Waals surface area contributed by atoms with Crippen LogP contribution in [0, 0.1) is 14.8 Å². The number of anilines is 1. The number of likely N-dealkylation sites (tertiary alicyclic amines) is 1. The van der Waals surface area contributed by atoms with Crippen molar-refractivity contribution in [3.63, 3.8) is 0 Å². The van der Waals surface area contributed by atoms with Crippen LogP contribution in [-0.2, 0) is 0 Å². The van der Waals surface area contributed by atoms with Crippen LogP contribution >= 0.6 is 34.2 Å². The summed E-state index contributed by atoms with van der Waals surface area (Å²) in [6.07, 6.45) is 5.99. The summed E-state index contributed by atoms with van der Waals surface area (Å²) in [7, 11) is 0. The Labute approximate surface area is 176 Å². The average Bonchev–Trinajstić information content (AvgIpc) is 3.40. The third kappa shape index (κ3) is 4.06. The summed E-state index contributed by atoms with van der Waals surface area (Å²) in [5.74, 6) is 0.0521. The molecule has 1 amide bonds. The molecule has 0 radical (unpaired) electrons. The smallest absolute Gasteiger partial charge is 0.258 e. The Bertz CT molecular complexity index is 837. The molecule has 0 unspecified atom stereocenters. The highest BCUT2D eigenvalue weighted by atomic mass is 127. The van der Waals surface area contributed by atoms with Gasteiger partial charge in [-0.3, -0.25) is 4.79 Å². The van der Waals surface area contributed by atoms with Crippen LogP contribution < -0.4 is 5.32 Å². The number of carbonyl (C=O) groups excluding carboxylic acids is 1. The Hall–Kier alpha value is -1.41. The predicted octanol–water partition coefficient (Wildman–Crippen LogP) is 4.98. The topological polar surface area (TPSA) is 45.2 Å². The van der Waals surface area contributed by atoms with Gasteiger partial charge in [0.15, 0.2) is 0 Å². The van der Waals surface area contributed by atoms with Gasteiger partial charge in [0.25, 0.3) is 5.91 Å². The Kier molecular flexibility index (Phi) is 5.29. The van der Waals surface area contributed by atoms with Gasteiger partial charge in [0.2, 0.25) is 0 Å². The number of nitrogens with zero attached hydrogens (tertiary/aromatic N) is 2. The van der Waals surface area contributed by atoms with Gasteiger partial charge >= 0.3 is 0 Å². The van der Waals surface area contributed by atoms with Crippen LogP contribution in [-0.4, -0.2) is 34.9 Å². The first-order valence-electron chi connectivity index (χ1n) is 9.08. The van der Waals surface area contributed by atoms with Crippen LogP contribution in [0.1, 0.15) is 36.0 Å². The van der Waals surface area contributed by atoms with Crippen LogP contribution in [0.2, 0.25) is 5.02 Å². The van der Waals surface area contributed by atoms with Crippen LogP contribution in [0.15, 0.2) is 36.5 Å². The zero-order chi connectivity index (χ0) is 19.0. The monoisotopic (exact) mass is 499 g/mol. The van der Waals surface area contributed by atoms with Crippen molar-refractivity contribution in [3.8, 4) is 0 Å². The average molecular weight is 500 g/mol. The molecule has 4 nitrogen and oxygen atoms in total. The Morgan fingerprint density at radius 2 is 2.15 bits per heavy atom. The summed E-state index contributed by atoms with van der Waals surface area (Å²) in [5, 5.41) is 3.90. The fraction of sp³-hybridized carbons (Fsp3) is 0.400. The summed E-state index contributed by atoms with van der Waals surface area (Å²) in [5.41, 5.74) is 0.554. The number of halogens is 3. The molecule has 1 aromatic carbocycles. The molecule has 2 fully saturated rings. The summed E-state index contributed by atoms with van der Waals surface area (Å²) < 4.78 is 15.0. The number of piperidine rings is 1. The molecule has 1 atom stereocenters. The second-order valence-electron chi connectivity index (χ2n) is 7.45. The molecule has 1 N–H and O–H groups in total. The lowest BCUT2D eigenvalue weighted by Crippen LogP contribution is -2.50. The lowest BCUT2D eigenvalue weighted by molar-refractivity contribution is 0.0540. The second-order valence-corrected chi connectivity index (χ2v) is 9.04. The van der Waals surface area contributed by atoms with Gasteiger partial charge in [-0.2, -0.15) is 0 Å². The maximum atomic E-state index is 14.3. The van der Waals surface area contributed by atoms with Gasteiger partial charge < -0.3 is 10.2 Å². The van der Waals surface area contributed by atoms with Crippen molar-refractivity contribution in [1.29, 1.82) is 0 Å². The molecule has 1 saturated carbocycles. The van der Waals surface area contributed by atoms with Crippen molar-refractivity contribution in [2.24, 2.45) is 5.41 Å². The van der Waals surface area contributed by atoms with Gasteiger partial charge in [0.05, 0.1) is 10.6 Å². The van der Waals surface area contributed by atoms with Crippen LogP contribution in [0.25, 0.3) is 0 Å². The van der Waals surface area contributed by atoms with Crippen LogP contribution in [0.3, 0.4) is 0 Å². The Balaban J connectivity index is 1.54. The first kappa shape index (κ1) is 18.9. The van der Waals surface area contributed by atoms with Gasteiger partial charge in [-0.1, -0.05) is 17.7 Å². The lowest BCUT2D eigenvalue weighted by atomic mass is 9.87. The molecule has 2 aromatic rings. The van der Waals surface area contributed by atoms with Crippen molar-refractivity contribution in [2.45, 2.75) is 31.7 Å². The third-order valence-corrected chi connectivity index (χ3v) is 6.76. The van der Waals surface area contributed by atoms with Gasteiger partial charge in [0, 0.05) is 28.9 Å². The van der Waals surface area contributed by atoms with Crippen LogP contribution in [0.5, 0.6) is 0 Å². The zero-order valence-electron chi connectivity index (χ0n) is 14.7. The number of carbonyl (C=O) groups is 1. The van der Waals surface area contributed by atoms with Gasteiger partial charge in [-0.15, -0.1) is 0 Å². The summed E-state index contributed by atoms with van der Waals surface area (Å²) in [6, 6.07) is 8.38. The van der Waals surface area contributed by atoms with Gasteiger partial charge in [-0.05, 0) is 78.0 Å². The van der Waals surface area contributed by atoms with Crippen molar-refractivity contribution >= 4 is 45.9 Å². The molecule has 1 aliphatic carbocycles. The molecular formula is C20H20ClFIN3O. The summed E-state index contributed by atoms with van der Waals surface area (Å²) in [6.45, 7) is 1.26. The van der Waals surface area contributed by atoms with E-state index in [-0.39, 0.29) is 17.5 Å². The van der Waals surface area contributed by atoms with E-state index in [1.165, 1.54) is 18.9 Å². The molecule has 4 rings (SSSR count). The van der Waals surface area contributed by atoms with Crippen molar-refractivity contribution in [3.05, 3.63) is 56.5 Å². The van der Waals surface area contributed by atoms with E-state index in [1.54, 1.807) is 24.4 Å². The number of benzene rings is 1. The molecule has 2 heterocycles. The van der Waals surface area contributed by atoms with E-state index >= 15 is 0 Å². The van der Waals surface area contributed by atoms with E-state index in [1.807, 2.05) is 33.6 Å². The fourth-order valence-electron chi connectivity index (χ4n) is 3.88. The van der Waals surface area contributed by atoms with Crippen molar-refractivity contribution in [1.82, 2.24) is 9.88 Å². The number of amides is 1. The van der Waals surface area contributed by atoms with E-state index in [4.69, 9.17) is 11.6 Å². The Morgan fingerprint density at radius 1 is 1.33 bits per heavy atom. The largest absolute Gasteiger partial charge is 0.368 e. The highest BCUT2D eigenvalue weighted by molar-refractivity contribution is 14.1. The molecule has 0 bridgehead atoms. The second kappa shape index (κ2) is 7.54. The molecule has 1 aliphatic heterocycles. The Morgan fingerprint density at radius 3 is 2.81 bits per heavy atom. The first-order valence-corrected chi connectivity index (χ1v) is 10.5. The van der Waals surface area contributed by atoms with E-state index in [2.05, 4.69) is 10.3 Å². The summed E-state index contributed by atoms with van der Waals surface area (Å²) >= 11 is 7.92. The molecule has 1 spiro atoms. The molecule has 1 aromatic heterocycles. The van der Waals surface area contributed by atoms with Crippen LogP contribution in [0.4, 0.5) is 10.2 Å². The quantitative estimate of drug-likeness (QED) is 0.604. The SMILES string of the molecule is O=C(c1c(F)cccc1I)N1CCC2(CC2)C[C@H]1CNc1ccc(Cl)cn1. The molecule has 142 valence electrons. The third-order valence-electron chi connectivity index (χ3n) is 5.63. The van der Waals surface area contributed by atoms with E-state index in [9.17, 15) is 9.18 Å². The van der Waals surface area contributed by atoms with Gasteiger partial charge in [-0.25, -0.2) is 9.37 Å². The lowest BCUT2D eigenvalue weighted by Gasteiger charge is -2.40. The van der Waals surface area contributed by atoms with E-state index in [0.29, 0.717) is 27.1 Å². The fourth-order valence-corrected chi connectivity index (χ4v) is 4.69. The number of nitrogens with one attached hydrogen (secondary N) is 1.